The molecule has 1 aromatic rings. The summed E-state index contributed by atoms with van der Waals surface area (Å²) in [4.78, 5) is 23.8. The minimum absolute atomic E-state index is 0.0339. The zero-order valence-electron chi connectivity index (χ0n) is 6.71. The lowest BCUT2D eigenvalue weighted by atomic mass is 10.5. The molecule has 0 aliphatic carbocycles. The monoisotopic (exact) mass is 181 g/mol. The van der Waals surface area contributed by atoms with Crippen molar-refractivity contribution in [3.63, 3.8) is 0 Å². The van der Waals surface area contributed by atoms with Crippen LogP contribution >= 0.6 is 0 Å². The first kappa shape index (κ1) is 9.11. The van der Waals surface area contributed by atoms with Crippen LogP contribution in [0.5, 0.6) is 0 Å². The number of hydrogen-bond donors (Lipinski definition) is 0. The molecule has 6 nitrogen and oxygen atoms in total. The van der Waals surface area contributed by atoms with Crippen LogP contribution in [0.3, 0.4) is 0 Å². The van der Waals surface area contributed by atoms with Gasteiger partial charge in [-0.3, -0.25) is 4.79 Å². The van der Waals surface area contributed by atoms with Crippen LogP contribution in [0.4, 0.5) is 5.82 Å². The zero-order valence-corrected chi connectivity index (χ0v) is 6.71. The van der Waals surface area contributed by atoms with Crippen LogP contribution in [-0.4, -0.2) is 20.8 Å². The van der Waals surface area contributed by atoms with E-state index in [2.05, 4.69) is 11.6 Å². The van der Waals surface area contributed by atoms with E-state index in [-0.39, 0.29) is 18.2 Å². The summed E-state index contributed by atoms with van der Waals surface area (Å²) < 4.78 is 1.18. The van der Waals surface area contributed by atoms with Crippen LogP contribution in [0.15, 0.2) is 18.9 Å². The Labute approximate surface area is 73.7 Å². The molecule has 0 N–H and O–H groups in total. The molecule has 68 valence electrons. The smallest absolute Gasteiger partial charge is 0.343 e. The van der Waals surface area contributed by atoms with Gasteiger partial charge < -0.3 is 10.1 Å². The Morgan fingerprint density at radius 2 is 2.46 bits per heavy atom. The van der Waals surface area contributed by atoms with Crippen molar-refractivity contribution in [1.82, 2.24) is 9.55 Å². The molecular weight excluding hydrogens is 174 g/mol. The highest BCUT2D eigenvalue weighted by atomic mass is 16.6. The van der Waals surface area contributed by atoms with E-state index >= 15 is 0 Å². The lowest BCUT2D eigenvalue weighted by Crippen LogP contribution is -2.05. The number of aromatic nitrogens is 2. The van der Waals surface area contributed by atoms with Gasteiger partial charge in [-0.2, -0.15) is 0 Å². The second-order valence-corrected chi connectivity index (χ2v) is 2.25. The summed E-state index contributed by atoms with van der Waals surface area (Å²) in [6, 6.07) is 0. The summed E-state index contributed by atoms with van der Waals surface area (Å²) in [5.41, 5.74) is 0. The molecule has 0 saturated carbocycles. The van der Waals surface area contributed by atoms with Crippen LogP contribution in [0.25, 0.3) is 0 Å². The van der Waals surface area contributed by atoms with Gasteiger partial charge in [0, 0.05) is 0 Å². The third-order valence-corrected chi connectivity index (χ3v) is 1.47. The first-order chi connectivity index (χ1) is 6.20. The maximum absolute atomic E-state index is 10.4. The summed E-state index contributed by atoms with van der Waals surface area (Å²) in [6.07, 6.45) is 2.98. The number of carbonyl (C=O) groups excluding carboxylic acids is 1. The molecule has 0 unspecified atom stereocenters. The van der Waals surface area contributed by atoms with Crippen LogP contribution in [0.2, 0.25) is 0 Å². The molecule has 1 aromatic heterocycles. The number of carbonyl (C=O) groups is 1. The highest BCUT2D eigenvalue weighted by Crippen LogP contribution is 2.12. The highest BCUT2D eigenvalue weighted by molar-refractivity contribution is 5.70. The molecule has 0 aliphatic rings. The van der Waals surface area contributed by atoms with Crippen LogP contribution in [0.1, 0.15) is 10.6 Å². The third kappa shape index (κ3) is 1.61. The largest absolute Gasteiger partial charge is 0.358 e. The molecule has 1 rings (SSSR count). The molecule has 0 amide bonds. The summed E-state index contributed by atoms with van der Waals surface area (Å²) in [5.74, 6) is -0.173. The predicted molar refractivity (Wildman–Crippen MR) is 44.5 cm³/mol. The quantitative estimate of drug-likeness (QED) is 0.297. The van der Waals surface area contributed by atoms with Crippen molar-refractivity contribution in [2.45, 2.75) is 6.54 Å². The normalized spacial score (nSPS) is 9.54. The number of imidazole rings is 1. The molecule has 0 atom stereocenters. The van der Waals surface area contributed by atoms with Crippen molar-refractivity contribution >= 4 is 12.1 Å². The Morgan fingerprint density at radius 3 is 2.92 bits per heavy atom. The molecule has 1 heterocycles. The second kappa shape index (κ2) is 3.61. The lowest BCUT2D eigenvalue weighted by Gasteiger charge is -1.96. The maximum atomic E-state index is 10.4. The fourth-order valence-corrected chi connectivity index (χ4v) is 0.937. The van der Waals surface area contributed by atoms with Crippen LogP contribution < -0.4 is 0 Å². The molecule has 0 aromatic carbocycles. The summed E-state index contributed by atoms with van der Waals surface area (Å²) in [6.45, 7) is 3.62. The first-order valence-electron chi connectivity index (χ1n) is 3.46. The molecule has 0 saturated heterocycles. The van der Waals surface area contributed by atoms with Crippen molar-refractivity contribution in [2.75, 3.05) is 0 Å². The third-order valence-electron chi connectivity index (χ3n) is 1.47. The van der Waals surface area contributed by atoms with Crippen LogP contribution in [0, 0.1) is 10.1 Å². The fourth-order valence-electron chi connectivity index (χ4n) is 0.937. The van der Waals surface area contributed by atoms with Crippen LogP contribution in [-0.2, 0) is 6.54 Å². The van der Waals surface area contributed by atoms with Crippen molar-refractivity contribution in [2.24, 2.45) is 0 Å². The topological polar surface area (TPSA) is 78.0 Å². The molecule has 0 bridgehead atoms. The average Bonchev–Trinajstić information content (AvgIpc) is 2.48. The summed E-state index contributed by atoms with van der Waals surface area (Å²) in [5, 5.41) is 10.4. The van der Waals surface area contributed by atoms with Crippen molar-refractivity contribution < 1.29 is 9.72 Å². The van der Waals surface area contributed by atoms with E-state index in [0.29, 0.717) is 6.29 Å². The zero-order chi connectivity index (χ0) is 9.84. The number of nitrogens with zero attached hydrogens (tertiary/aromatic N) is 3. The van der Waals surface area contributed by atoms with Gasteiger partial charge in [-0.1, -0.05) is 12.7 Å². The lowest BCUT2D eigenvalue weighted by molar-refractivity contribution is -0.392. The fraction of sp³-hybridized carbons (Fsp3) is 0.143. The molecule has 13 heavy (non-hydrogen) atoms. The molecule has 6 heteroatoms. The number of allylic oxidation sites excluding steroid dienone is 1. The Kier molecular flexibility index (Phi) is 2.53. The standard InChI is InChI=1S/C7H7N3O3/c1-2-3-9-6(5-11)8-4-7(9)10(12)13/h2,4-5H,1,3H2. The molecule has 0 fully saturated rings. The molecular formula is C7H7N3O3. The SMILES string of the molecule is C=CCn1c([N+](=O)[O-])cnc1C=O. The predicted octanol–water partition coefficient (Wildman–Crippen LogP) is 0.790. The number of rotatable bonds is 4. The van der Waals surface area contributed by atoms with Crippen molar-refractivity contribution in [1.29, 1.82) is 0 Å². The molecule has 0 aliphatic heterocycles. The van der Waals surface area contributed by atoms with Gasteiger partial charge in [0.25, 0.3) is 5.82 Å². The maximum Gasteiger partial charge on any atom is 0.343 e. The van der Waals surface area contributed by atoms with Gasteiger partial charge in [-0.25, -0.2) is 9.55 Å². The van der Waals surface area contributed by atoms with E-state index < -0.39 is 4.92 Å². The van der Waals surface area contributed by atoms with Gasteiger partial charge in [-0.05, 0) is 4.92 Å². The second-order valence-electron chi connectivity index (χ2n) is 2.25. The Morgan fingerprint density at radius 1 is 1.77 bits per heavy atom. The summed E-state index contributed by atoms with van der Waals surface area (Å²) in [7, 11) is 0. The average molecular weight is 181 g/mol. The van der Waals surface area contributed by atoms with E-state index in [1.54, 1.807) is 0 Å². The van der Waals surface area contributed by atoms with Gasteiger partial charge in [0.2, 0.25) is 6.29 Å². The van der Waals surface area contributed by atoms with Gasteiger partial charge in [0.15, 0.2) is 0 Å². The van der Waals surface area contributed by atoms with E-state index in [4.69, 9.17) is 0 Å². The Hall–Kier alpha value is -1.98. The van der Waals surface area contributed by atoms with E-state index in [9.17, 15) is 14.9 Å². The minimum Gasteiger partial charge on any atom is -0.358 e. The van der Waals surface area contributed by atoms with Gasteiger partial charge in [0.05, 0.1) is 0 Å². The van der Waals surface area contributed by atoms with Gasteiger partial charge in [-0.15, -0.1) is 0 Å². The highest BCUT2D eigenvalue weighted by Gasteiger charge is 2.17. The van der Waals surface area contributed by atoms with E-state index in [1.807, 2.05) is 0 Å². The van der Waals surface area contributed by atoms with Gasteiger partial charge in [0.1, 0.15) is 12.7 Å². The van der Waals surface area contributed by atoms with Crippen molar-refractivity contribution in [3.05, 3.63) is 34.8 Å². The van der Waals surface area contributed by atoms with E-state index in [1.165, 1.54) is 10.6 Å². The summed E-state index contributed by atoms with van der Waals surface area (Å²) >= 11 is 0. The minimum atomic E-state index is -0.594. The number of aldehydes is 1. The Balaban J connectivity index is 3.20. The number of nitro groups is 1. The van der Waals surface area contributed by atoms with E-state index in [0.717, 1.165) is 6.20 Å². The molecule has 0 radical (unpaired) electrons. The molecule has 0 spiro atoms. The Bertz CT molecular complexity index is 356. The van der Waals surface area contributed by atoms with Crippen molar-refractivity contribution in [3.8, 4) is 0 Å². The van der Waals surface area contributed by atoms with Gasteiger partial charge >= 0.3 is 5.82 Å². The number of hydrogen-bond acceptors (Lipinski definition) is 4. The first-order valence-corrected chi connectivity index (χ1v) is 3.46.